The van der Waals surface area contributed by atoms with Gasteiger partial charge in [0.1, 0.15) is 18.2 Å². The summed E-state index contributed by atoms with van der Waals surface area (Å²) in [6.45, 7) is 4.08. The highest BCUT2D eigenvalue weighted by Crippen LogP contribution is 2.18. The molecule has 0 fully saturated rings. The molecule has 1 aromatic carbocycles. The molecule has 0 saturated carbocycles. The molecule has 0 aliphatic carbocycles. The molecule has 1 atom stereocenters. The SMILES string of the molecule is CCCNC(=O)C1CCc2nn(CCOc3ccccc3)c(=O)n2CC1. The van der Waals surface area contributed by atoms with Crippen molar-refractivity contribution < 1.29 is 9.53 Å². The van der Waals surface area contributed by atoms with Gasteiger partial charge in [-0.1, -0.05) is 25.1 Å². The van der Waals surface area contributed by atoms with Crippen LogP contribution in [0.4, 0.5) is 0 Å². The number of amides is 1. The van der Waals surface area contributed by atoms with Crippen molar-refractivity contribution in [2.75, 3.05) is 13.2 Å². The molecule has 1 aliphatic heterocycles. The van der Waals surface area contributed by atoms with Gasteiger partial charge in [0.15, 0.2) is 0 Å². The lowest BCUT2D eigenvalue weighted by atomic mass is 9.99. The van der Waals surface area contributed by atoms with E-state index >= 15 is 0 Å². The van der Waals surface area contributed by atoms with E-state index in [4.69, 9.17) is 4.74 Å². The van der Waals surface area contributed by atoms with Gasteiger partial charge in [-0.2, -0.15) is 5.10 Å². The van der Waals surface area contributed by atoms with Crippen LogP contribution < -0.4 is 15.7 Å². The van der Waals surface area contributed by atoms with Crippen LogP contribution in [0, 0.1) is 5.92 Å². The van der Waals surface area contributed by atoms with Crippen molar-refractivity contribution >= 4 is 5.91 Å². The summed E-state index contributed by atoms with van der Waals surface area (Å²) in [6, 6.07) is 9.52. The highest BCUT2D eigenvalue weighted by Gasteiger charge is 2.25. The van der Waals surface area contributed by atoms with Gasteiger partial charge < -0.3 is 10.1 Å². The number of benzene rings is 1. The molecule has 0 spiro atoms. The van der Waals surface area contributed by atoms with E-state index in [-0.39, 0.29) is 17.5 Å². The van der Waals surface area contributed by atoms with Crippen molar-refractivity contribution in [3.05, 3.63) is 46.6 Å². The molecule has 1 aromatic heterocycles. The summed E-state index contributed by atoms with van der Waals surface area (Å²) >= 11 is 0. The van der Waals surface area contributed by atoms with Gasteiger partial charge in [-0.25, -0.2) is 9.48 Å². The van der Waals surface area contributed by atoms with Gasteiger partial charge in [0.25, 0.3) is 0 Å². The first-order valence-electron chi connectivity index (χ1n) is 9.31. The number of carbonyl (C=O) groups excluding carboxylic acids is 1. The van der Waals surface area contributed by atoms with Crippen LogP contribution in [0.25, 0.3) is 0 Å². The first kappa shape index (κ1) is 18.2. The molecule has 0 saturated heterocycles. The number of para-hydroxylation sites is 1. The number of nitrogens with one attached hydrogen (secondary N) is 1. The fraction of sp³-hybridized carbons (Fsp3) is 0.526. The first-order chi connectivity index (χ1) is 12.7. The third kappa shape index (κ3) is 4.33. The fourth-order valence-electron chi connectivity index (χ4n) is 3.20. The lowest BCUT2D eigenvalue weighted by molar-refractivity contribution is -0.125. The number of aryl methyl sites for hydroxylation is 1. The van der Waals surface area contributed by atoms with E-state index in [0.717, 1.165) is 24.4 Å². The second-order valence-electron chi connectivity index (χ2n) is 6.55. The zero-order valence-corrected chi connectivity index (χ0v) is 15.2. The van der Waals surface area contributed by atoms with E-state index in [1.807, 2.05) is 37.3 Å². The second kappa shape index (κ2) is 8.69. The molecule has 7 nitrogen and oxygen atoms in total. The Bertz CT molecular complexity index is 782. The summed E-state index contributed by atoms with van der Waals surface area (Å²) in [5.74, 6) is 1.59. The fourth-order valence-corrected chi connectivity index (χ4v) is 3.20. The summed E-state index contributed by atoms with van der Waals surface area (Å²) in [4.78, 5) is 24.7. The molecule has 1 aliphatic rings. The number of carbonyl (C=O) groups is 1. The van der Waals surface area contributed by atoms with Gasteiger partial charge in [0, 0.05) is 25.4 Å². The second-order valence-corrected chi connectivity index (χ2v) is 6.55. The average molecular weight is 358 g/mol. The predicted molar refractivity (Wildman–Crippen MR) is 98.2 cm³/mol. The molecule has 7 heteroatoms. The van der Waals surface area contributed by atoms with E-state index in [2.05, 4.69) is 10.4 Å². The van der Waals surface area contributed by atoms with E-state index in [1.165, 1.54) is 4.68 Å². The lowest BCUT2D eigenvalue weighted by Gasteiger charge is -2.13. The number of fused-ring (bicyclic) bond motifs is 1. The monoisotopic (exact) mass is 358 g/mol. The third-order valence-corrected chi connectivity index (χ3v) is 4.65. The van der Waals surface area contributed by atoms with Crippen LogP contribution in [0.15, 0.2) is 35.1 Å². The van der Waals surface area contributed by atoms with Gasteiger partial charge in [0.05, 0.1) is 6.54 Å². The molecule has 1 unspecified atom stereocenters. The highest BCUT2D eigenvalue weighted by molar-refractivity contribution is 5.78. The summed E-state index contributed by atoms with van der Waals surface area (Å²) in [5, 5.41) is 7.40. The van der Waals surface area contributed by atoms with E-state index in [1.54, 1.807) is 4.57 Å². The average Bonchev–Trinajstić information content (AvgIpc) is 2.83. The highest BCUT2D eigenvalue weighted by atomic mass is 16.5. The molecule has 140 valence electrons. The first-order valence-corrected chi connectivity index (χ1v) is 9.31. The Morgan fingerprint density at radius 3 is 2.88 bits per heavy atom. The normalized spacial score (nSPS) is 16.6. The molecule has 1 N–H and O–H groups in total. The van der Waals surface area contributed by atoms with Crippen molar-refractivity contribution in [1.29, 1.82) is 0 Å². The predicted octanol–water partition coefficient (Wildman–Crippen LogP) is 1.60. The van der Waals surface area contributed by atoms with Gasteiger partial charge in [0.2, 0.25) is 5.91 Å². The number of hydrogen-bond acceptors (Lipinski definition) is 4. The number of rotatable bonds is 7. The maximum absolute atomic E-state index is 12.6. The van der Waals surface area contributed by atoms with Crippen LogP contribution in [-0.2, 0) is 24.3 Å². The summed E-state index contributed by atoms with van der Waals surface area (Å²) in [6.07, 6.45) is 2.98. The Balaban J connectivity index is 1.57. The Morgan fingerprint density at radius 1 is 1.31 bits per heavy atom. The van der Waals surface area contributed by atoms with Crippen LogP contribution in [0.1, 0.15) is 32.0 Å². The van der Waals surface area contributed by atoms with Gasteiger partial charge in [-0.15, -0.1) is 0 Å². The minimum atomic E-state index is -0.119. The number of aromatic nitrogens is 3. The Morgan fingerprint density at radius 2 is 2.12 bits per heavy atom. The van der Waals surface area contributed by atoms with Crippen molar-refractivity contribution in [1.82, 2.24) is 19.7 Å². The molecular formula is C19H26N4O3. The minimum absolute atomic E-state index is 0.0440. The van der Waals surface area contributed by atoms with Crippen molar-refractivity contribution in [3.8, 4) is 5.75 Å². The molecule has 26 heavy (non-hydrogen) atoms. The quantitative estimate of drug-likeness (QED) is 0.815. The van der Waals surface area contributed by atoms with Crippen LogP contribution >= 0.6 is 0 Å². The van der Waals surface area contributed by atoms with Crippen LogP contribution in [-0.4, -0.2) is 33.4 Å². The smallest absolute Gasteiger partial charge is 0.346 e. The molecule has 1 amide bonds. The van der Waals surface area contributed by atoms with E-state index in [9.17, 15) is 9.59 Å². The summed E-state index contributed by atoms with van der Waals surface area (Å²) < 4.78 is 8.82. The number of hydrogen-bond donors (Lipinski definition) is 1. The van der Waals surface area contributed by atoms with Crippen molar-refractivity contribution in [2.45, 2.75) is 45.7 Å². The Hall–Kier alpha value is -2.57. The van der Waals surface area contributed by atoms with Crippen LogP contribution in [0.5, 0.6) is 5.75 Å². The zero-order chi connectivity index (χ0) is 18.4. The molecule has 3 rings (SSSR count). The summed E-state index contributed by atoms with van der Waals surface area (Å²) in [5.41, 5.74) is -0.119. The Kier molecular flexibility index (Phi) is 6.09. The Labute approximate surface area is 153 Å². The largest absolute Gasteiger partial charge is 0.492 e. The van der Waals surface area contributed by atoms with Crippen LogP contribution in [0.2, 0.25) is 0 Å². The lowest BCUT2D eigenvalue weighted by Crippen LogP contribution is -2.32. The van der Waals surface area contributed by atoms with Gasteiger partial charge in [-0.3, -0.25) is 9.36 Å². The summed E-state index contributed by atoms with van der Waals surface area (Å²) in [7, 11) is 0. The molecule has 0 radical (unpaired) electrons. The van der Waals surface area contributed by atoms with Crippen molar-refractivity contribution in [3.63, 3.8) is 0 Å². The molecular weight excluding hydrogens is 332 g/mol. The van der Waals surface area contributed by atoms with E-state index < -0.39 is 0 Å². The maximum Gasteiger partial charge on any atom is 0.346 e. The topological polar surface area (TPSA) is 78.2 Å². The number of ether oxygens (including phenoxy) is 1. The maximum atomic E-state index is 12.6. The third-order valence-electron chi connectivity index (χ3n) is 4.65. The standard InChI is InChI=1S/C19H26N4O3/c1-2-11-20-18(24)15-8-9-17-21-23(19(25)22(17)12-10-15)13-14-26-16-6-4-3-5-7-16/h3-7,15H,2,8-14H2,1H3,(H,20,24). The minimum Gasteiger partial charge on any atom is -0.492 e. The van der Waals surface area contributed by atoms with E-state index in [0.29, 0.717) is 39.1 Å². The van der Waals surface area contributed by atoms with Gasteiger partial charge in [-0.05, 0) is 31.4 Å². The van der Waals surface area contributed by atoms with Gasteiger partial charge >= 0.3 is 5.69 Å². The molecule has 0 bridgehead atoms. The number of nitrogens with zero attached hydrogens (tertiary/aromatic N) is 3. The zero-order valence-electron chi connectivity index (χ0n) is 15.2. The molecule has 2 aromatic rings. The van der Waals surface area contributed by atoms with Crippen molar-refractivity contribution in [2.24, 2.45) is 5.92 Å². The molecule has 2 heterocycles. The van der Waals surface area contributed by atoms with Crippen LogP contribution in [0.3, 0.4) is 0 Å².